The summed E-state index contributed by atoms with van der Waals surface area (Å²) in [7, 11) is 0. The van der Waals surface area contributed by atoms with Crippen molar-refractivity contribution in [3.8, 4) is 0 Å². The molecule has 0 fully saturated rings. The van der Waals surface area contributed by atoms with Crippen LogP contribution < -0.4 is 11.1 Å². The standard InChI is InChI=1S/C22H24N2O2S2/c1-3-6-14-13-7-4-5-8-16(13)27-19(14)21(26)24-22-18(20(23)25)15-10-9-12(2)11-17(15)28-22/h4-5,7-8,12H,3,6,9-11H2,1-2H3,(H2,23,25)(H,24,26). The molecule has 1 aliphatic rings. The van der Waals surface area contributed by atoms with Gasteiger partial charge in [-0.15, -0.1) is 22.7 Å². The van der Waals surface area contributed by atoms with Gasteiger partial charge in [-0.2, -0.15) is 0 Å². The zero-order chi connectivity index (χ0) is 19.8. The van der Waals surface area contributed by atoms with Crippen LogP contribution in [0, 0.1) is 5.92 Å². The van der Waals surface area contributed by atoms with Gasteiger partial charge in [0.15, 0.2) is 0 Å². The van der Waals surface area contributed by atoms with Crippen molar-refractivity contribution in [3.63, 3.8) is 0 Å². The van der Waals surface area contributed by atoms with E-state index in [1.807, 2.05) is 12.1 Å². The number of aryl methyl sites for hydroxylation is 1. The van der Waals surface area contributed by atoms with Gasteiger partial charge in [0, 0.05) is 9.58 Å². The molecule has 0 saturated carbocycles. The van der Waals surface area contributed by atoms with Gasteiger partial charge in [-0.25, -0.2) is 0 Å². The lowest BCUT2D eigenvalue weighted by Crippen LogP contribution is -2.19. The Kier molecular flexibility index (Phi) is 5.25. The Labute approximate surface area is 172 Å². The minimum atomic E-state index is -0.451. The van der Waals surface area contributed by atoms with Crippen LogP contribution in [0.15, 0.2) is 24.3 Å². The molecule has 2 aromatic heterocycles. The summed E-state index contributed by atoms with van der Waals surface area (Å²) >= 11 is 3.03. The molecule has 28 heavy (non-hydrogen) atoms. The highest BCUT2D eigenvalue weighted by Crippen LogP contribution is 2.40. The number of fused-ring (bicyclic) bond motifs is 2. The highest BCUT2D eigenvalue weighted by molar-refractivity contribution is 7.21. The SMILES string of the molecule is CCCc1c(C(=O)Nc2sc3c(c2C(N)=O)CCC(C)C3)sc2ccccc12. The predicted octanol–water partition coefficient (Wildman–Crippen LogP) is 5.39. The quantitative estimate of drug-likeness (QED) is 0.589. The van der Waals surface area contributed by atoms with Crippen LogP contribution in [0.25, 0.3) is 10.1 Å². The summed E-state index contributed by atoms with van der Waals surface area (Å²) in [6.07, 6.45) is 4.67. The van der Waals surface area contributed by atoms with Gasteiger partial charge < -0.3 is 11.1 Å². The molecule has 0 aliphatic heterocycles. The second-order valence-corrected chi connectivity index (χ2v) is 9.69. The number of primary amides is 1. The second-order valence-electron chi connectivity index (χ2n) is 7.53. The molecule has 1 aliphatic carbocycles. The molecule has 3 N–H and O–H groups in total. The van der Waals surface area contributed by atoms with Crippen LogP contribution >= 0.6 is 22.7 Å². The number of amides is 2. The van der Waals surface area contributed by atoms with Crippen molar-refractivity contribution < 1.29 is 9.59 Å². The Morgan fingerprint density at radius 3 is 2.79 bits per heavy atom. The van der Waals surface area contributed by atoms with Crippen LogP contribution in [-0.2, 0) is 19.3 Å². The van der Waals surface area contributed by atoms with Gasteiger partial charge in [-0.3, -0.25) is 9.59 Å². The lowest BCUT2D eigenvalue weighted by Gasteiger charge is -2.18. The molecule has 2 heterocycles. The maximum absolute atomic E-state index is 13.2. The largest absolute Gasteiger partial charge is 0.365 e. The molecule has 2 amide bonds. The molecule has 3 aromatic rings. The van der Waals surface area contributed by atoms with E-state index in [0.717, 1.165) is 58.2 Å². The third kappa shape index (κ3) is 3.35. The van der Waals surface area contributed by atoms with Gasteiger partial charge >= 0.3 is 0 Å². The van der Waals surface area contributed by atoms with Gasteiger partial charge in [0.2, 0.25) is 0 Å². The normalized spacial score (nSPS) is 16.1. The van der Waals surface area contributed by atoms with E-state index >= 15 is 0 Å². The fourth-order valence-electron chi connectivity index (χ4n) is 4.04. The van der Waals surface area contributed by atoms with Crippen molar-refractivity contribution in [2.45, 2.75) is 46.0 Å². The smallest absolute Gasteiger partial charge is 0.266 e. The third-order valence-electron chi connectivity index (χ3n) is 5.39. The number of hydrogen-bond donors (Lipinski definition) is 2. The zero-order valence-corrected chi connectivity index (χ0v) is 17.8. The lowest BCUT2D eigenvalue weighted by atomic mass is 9.88. The molecule has 4 nitrogen and oxygen atoms in total. The van der Waals surface area contributed by atoms with Crippen LogP contribution in [0.1, 0.15) is 62.7 Å². The van der Waals surface area contributed by atoms with Crippen LogP contribution in [0.2, 0.25) is 0 Å². The summed E-state index contributed by atoms with van der Waals surface area (Å²) in [4.78, 5) is 27.3. The molecule has 146 valence electrons. The molecule has 0 bridgehead atoms. The van der Waals surface area contributed by atoms with E-state index in [1.54, 1.807) is 0 Å². The summed E-state index contributed by atoms with van der Waals surface area (Å²) in [5.41, 5.74) is 8.33. The van der Waals surface area contributed by atoms with E-state index in [0.29, 0.717) is 16.5 Å². The van der Waals surface area contributed by atoms with E-state index in [-0.39, 0.29) is 5.91 Å². The number of rotatable bonds is 5. The van der Waals surface area contributed by atoms with Crippen LogP contribution in [0.3, 0.4) is 0 Å². The molecule has 0 spiro atoms. The molecule has 1 aromatic carbocycles. The highest BCUT2D eigenvalue weighted by atomic mass is 32.1. The van der Waals surface area contributed by atoms with Crippen molar-refractivity contribution in [1.82, 2.24) is 0 Å². The van der Waals surface area contributed by atoms with Crippen LogP contribution in [0.5, 0.6) is 0 Å². The number of thiophene rings is 2. The van der Waals surface area contributed by atoms with E-state index < -0.39 is 5.91 Å². The summed E-state index contributed by atoms with van der Waals surface area (Å²) in [5, 5.41) is 4.78. The van der Waals surface area contributed by atoms with Crippen molar-refractivity contribution in [1.29, 1.82) is 0 Å². The molecular formula is C22H24N2O2S2. The molecule has 4 rings (SSSR count). The minimum absolute atomic E-state index is 0.140. The van der Waals surface area contributed by atoms with Crippen molar-refractivity contribution >= 4 is 49.6 Å². The third-order valence-corrected chi connectivity index (χ3v) is 7.77. The molecule has 1 unspecified atom stereocenters. The van der Waals surface area contributed by atoms with E-state index in [4.69, 9.17) is 5.73 Å². The van der Waals surface area contributed by atoms with E-state index in [2.05, 4.69) is 31.3 Å². The number of carbonyl (C=O) groups is 2. The molecular weight excluding hydrogens is 388 g/mol. The second kappa shape index (κ2) is 7.68. The number of hydrogen-bond acceptors (Lipinski definition) is 4. The molecule has 0 radical (unpaired) electrons. The lowest BCUT2D eigenvalue weighted by molar-refractivity contribution is 0.1000. The van der Waals surface area contributed by atoms with Gasteiger partial charge in [0.05, 0.1) is 10.4 Å². The first kappa shape index (κ1) is 19.2. The number of nitrogens with one attached hydrogen (secondary N) is 1. The fraction of sp³-hybridized carbons (Fsp3) is 0.364. The highest BCUT2D eigenvalue weighted by Gasteiger charge is 2.28. The van der Waals surface area contributed by atoms with Crippen molar-refractivity contribution in [2.75, 3.05) is 5.32 Å². The van der Waals surface area contributed by atoms with Gasteiger partial charge in [-0.1, -0.05) is 38.5 Å². The number of benzene rings is 1. The molecule has 0 saturated heterocycles. The maximum atomic E-state index is 13.2. The first-order valence-electron chi connectivity index (χ1n) is 9.75. The zero-order valence-electron chi connectivity index (χ0n) is 16.1. The number of carbonyl (C=O) groups excluding carboxylic acids is 2. The van der Waals surface area contributed by atoms with Crippen LogP contribution in [0.4, 0.5) is 5.00 Å². The van der Waals surface area contributed by atoms with Gasteiger partial charge in [0.1, 0.15) is 5.00 Å². The van der Waals surface area contributed by atoms with Gasteiger partial charge in [-0.05, 0) is 54.2 Å². The Balaban J connectivity index is 1.72. The van der Waals surface area contributed by atoms with E-state index in [1.165, 1.54) is 27.6 Å². The summed E-state index contributed by atoms with van der Waals surface area (Å²) in [6, 6.07) is 8.13. The average molecular weight is 413 g/mol. The Morgan fingerprint density at radius 1 is 1.25 bits per heavy atom. The topological polar surface area (TPSA) is 72.2 Å². The first-order valence-corrected chi connectivity index (χ1v) is 11.4. The number of anilines is 1. The van der Waals surface area contributed by atoms with Gasteiger partial charge in [0.25, 0.3) is 11.8 Å². The molecule has 1 atom stereocenters. The fourth-order valence-corrected chi connectivity index (χ4v) is 6.60. The minimum Gasteiger partial charge on any atom is -0.365 e. The Bertz CT molecular complexity index is 1060. The summed E-state index contributed by atoms with van der Waals surface area (Å²) < 4.78 is 1.12. The maximum Gasteiger partial charge on any atom is 0.266 e. The Morgan fingerprint density at radius 2 is 2.04 bits per heavy atom. The van der Waals surface area contributed by atoms with Crippen molar-refractivity contribution in [2.24, 2.45) is 11.7 Å². The summed E-state index contributed by atoms with van der Waals surface area (Å²) in [6.45, 7) is 4.34. The number of nitrogens with two attached hydrogens (primary N) is 1. The summed E-state index contributed by atoms with van der Waals surface area (Å²) in [5.74, 6) is 0.000417. The first-order chi connectivity index (χ1) is 13.5. The van der Waals surface area contributed by atoms with E-state index in [9.17, 15) is 9.59 Å². The monoisotopic (exact) mass is 412 g/mol. The predicted molar refractivity (Wildman–Crippen MR) is 118 cm³/mol. The average Bonchev–Trinajstić information content (AvgIpc) is 3.20. The molecule has 6 heteroatoms. The van der Waals surface area contributed by atoms with Crippen LogP contribution in [-0.4, -0.2) is 11.8 Å². The Hall–Kier alpha value is -2.18. The van der Waals surface area contributed by atoms with Crippen molar-refractivity contribution in [3.05, 3.63) is 50.7 Å².